The molecular weight excluding hydrogens is 252 g/mol. The highest BCUT2D eigenvalue weighted by molar-refractivity contribution is 6.30. The van der Waals surface area contributed by atoms with Gasteiger partial charge < -0.3 is 10.6 Å². The molecule has 0 unspecified atom stereocenters. The summed E-state index contributed by atoms with van der Waals surface area (Å²) < 4.78 is 0. The molecule has 1 aromatic heterocycles. The van der Waals surface area contributed by atoms with Gasteiger partial charge in [0.15, 0.2) is 11.0 Å². The van der Waals surface area contributed by atoms with Gasteiger partial charge in [0, 0.05) is 13.6 Å². The maximum Gasteiger partial charge on any atom is 0.227 e. The summed E-state index contributed by atoms with van der Waals surface area (Å²) in [6.07, 6.45) is 0. The van der Waals surface area contributed by atoms with Crippen LogP contribution in [0.5, 0.6) is 0 Å². The Morgan fingerprint density at radius 3 is 2.44 bits per heavy atom. The molecule has 0 aliphatic carbocycles. The molecule has 1 aromatic rings. The van der Waals surface area contributed by atoms with Crippen LogP contribution in [-0.4, -0.2) is 29.7 Å². The SMILES string of the molecule is CNC(=O)C(C)(C)CNc1nnc(Cl)c(C)c1C. The molecule has 0 aliphatic heterocycles. The molecule has 0 fully saturated rings. The van der Waals surface area contributed by atoms with Gasteiger partial charge in [-0.15, -0.1) is 10.2 Å². The molecule has 0 atom stereocenters. The lowest BCUT2D eigenvalue weighted by Crippen LogP contribution is -2.39. The van der Waals surface area contributed by atoms with E-state index in [1.165, 1.54) is 0 Å². The van der Waals surface area contributed by atoms with Crippen molar-refractivity contribution in [3.8, 4) is 0 Å². The van der Waals surface area contributed by atoms with Gasteiger partial charge in [-0.2, -0.15) is 0 Å². The minimum absolute atomic E-state index is 0.0219. The fraction of sp³-hybridized carbons (Fsp3) is 0.583. The molecule has 0 radical (unpaired) electrons. The standard InChI is InChI=1S/C12H19ClN4O/c1-7-8(2)10(17-16-9(7)13)15-6-12(3,4)11(18)14-5/h6H2,1-5H3,(H,14,18)(H,15,17). The highest BCUT2D eigenvalue weighted by atomic mass is 35.5. The molecule has 0 saturated carbocycles. The number of hydrogen-bond donors (Lipinski definition) is 2. The smallest absolute Gasteiger partial charge is 0.227 e. The lowest BCUT2D eigenvalue weighted by atomic mass is 9.92. The molecule has 1 rings (SSSR count). The number of anilines is 1. The minimum Gasteiger partial charge on any atom is -0.367 e. The van der Waals surface area contributed by atoms with Gasteiger partial charge in [0.05, 0.1) is 5.41 Å². The summed E-state index contributed by atoms with van der Waals surface area (Å²) in [5, 5.41) is 14.0. The quantitative estimate of drug-likeness (QED) is 0.877. The largest absolute Gasteiger partial charge is 0.367 e. The highest BCUT2D eigenvalue weighted by Crippen LogP contribution is 2.22. The number of amides is 1. The van der Waals surface area contributed by atoms with Crippen LogP contribution < -0.4 is 10.6 Å². The Hall–Kier alpha value is -1.36. The van der Waals surface area contributed by atoms with E-state index in [-0.39, 0.29) is 5.91 Å². The summed E-state index contributed by atoms with van der Waals surface area (Å²) in [5.41, 5.74) is 1.32. The van der Waals surface area contributed by atoms with Gasteiger partial charge in [-0.3, -0.25) is 4.79 Å². The summed E-state index contributed by atoms with van der Waals surface area (Å²) in [7, 11) is 1.63. The third kappa shape index (κ3) is 3.10. The molecule has 2 N–H and O–H groups in total. The Morgan fingerprint density at radius 1 is 1.28 bits per heavy atom. The van der Waals surface area contributed by atoms with E-state index in [2.05, 4.69) is 20.8 Å². The monoisotopic (exact) mass is 270 g/mol. The van der Waals surface area contributed by atoms with Crippen molar-refractivity contribution in [1.29, 1.82) is 0 Å². The zero-order valence-electron chi connectivity index (χ0n) is 11.4. The second-order valence-electron chi connectivity index (χ2n) is 4.91. The molecule has 5 nitrogen and oxygen atoms in total. The molecule has 1 heterocycles. The molecule has 0 bridgehead atoms. The van der Waals surface area contributed by atoms with E-state index in [0.717, 1.165) is 11.1 Å². The van der Waals surface area contributed by atoms with E-state index in [1.54, 1.807) is 7.05 Å². The highest BCUT2D eigenvalue weighted by Gasteiger charge is 2.26. The van der Waals surface area contributed by atoms with Crippen LogP contribution in [0.1, 0.15) is 25.0 Å². The number of nitrogens with one attached hydrogen (secondary N) is 2. The van der Waals surface area contributed by atoms with Crippen LogP contribution in [0.2, 0.25) is 5.15 Å². The van der Waals surface area contributed by atoms with Gasteiger partial charge in [-0.1, -0.05) is 11.6 Å². The van der Waals surface area contributed by atoms with Gasteiger partial charge in [0.2, 0.25) is 5.91 Å². The van der Waals surface area contributed by atoms with E-state index < -0.39 is 5.41 Å². The maximum atomic E-state index is 11.7. The van der Waals surface area contributed by atoms with Crippen LogP contribution in [0.4, 0.5) is 5.82 Å². The van der Waals surface area contributed by atoms with E-state index in [4.69, 9.17) is 11.6 Å². The summed E-state index contributed by atoms with van der Waals surface area (Å²) in [4.78, 5) is 11.7. The molecule has 0 spiro atoms. The Kier molecular flexibility index (Phi) is 4.51. The summed E-state index contributed by atoms with van der Waals surface area (Å²) in [6.45, 7) is 8.02. The lowest BCUT2D eigenvalue weighted by Gasteiger charge is -2.23. The summed E-state index contributed by atoms with van der Waals surface area (Å²) in [6, 6.07) is 0. The molecule has 6 heteroatoms. The molecule has 18 heavy (non-hydrogen) atoms. The van der Waals surface area contributed by atoms with E-state index in [1.807, 2.05) is 27.7 Å². The third-order valence-corrected chi connectivity index (χ3v) is 3.36. The Balaban J connectivity index is 2.82. The number of carbonyl (C=O) groups excluding carboxylic acids is 1. The van der Waals surface area contributed by atoms with Crippen molar-refractivity contribution in [3.05, 3.63) is 16.3 Å². The molecule has 0 aliphatic rings. The fourth-order valence-electron chi connectivity index (χ4n) is 1.47. The van der Waals surface area contributed by atoms with Crippen molar-refractivity contribution >= 4 is 23.3 Å². The van der Waals surface area contributed by atoms with Crippen molar-refractivity contribution in [2.75, 3.05) is 18.9 Å². The maximum absolute atomic E-state index is 11.7. The minimum atomic E-state index is -0.517. The molecular formula is C12H19ClN4O. The van der Waals surface area contributed by atoms with Crippen LogP contribution in [0.25, 0.3) is 0 Å². The van der Waals surface area contributed by atoms with Gasteiger partial charge in [-0.25, -0.2) is 0 Å². The molecule has 0 saturated heterocycles. The second kappa shape index (κ2) is 5.52. The van der Waals surface area contributed by atoms with E-state index >= 15 is 0 Å². The van der Waals surface area contributed by atoms with Gasteiger partial charge in [-0.05, 0) is 38.8 Å². The first kappa shape index (κ1) is 14.7. The van der Waals surface area contributed by atoms with Crippen molar-refractivity contribution in [1.82, 2.24) is 15.5 Å². The number of carbonyl (C=O) groups is 1. The van der Waals surface area contributed by atoms with E-state index in [9.17, 15) is 4.79 Å². The Labute approximate surface area is 112 Å². The fourth-order valence-corrected chi connectivity index (χ4v) is 1.65. The summed E-state index contributed by atoms with van der Waals surface area (Å²) in [5.74, 6) is 0.639. The topological polar surface area (TPSA) is 66.9 Å². The average molecular weight is 271 g/mol. The first-order valence-electron chi connectivity index (χ1n) is 5.75. The predicted molar refractivity (Wildman–Crippen MR) is 72.9 cm³/mol. The predicted octanol–water partition coefficient (Wildman–Crippen LogP) is 1.93. The van der Waals surface area contributed by atoms with Gasteiger partial charge in [0.25, 0.3) is 0 Å². The lowest BCUT2D eigenvalue weighted by molar-refractivity contribution is -0.128. The number of aromatic nitrogens is 2. The van der Waals surface area contributed by atoms with Crippen LogP contribution in [0, 0.1) is 19.3 Å². The summed E-state index contributed by atoms with van der Waals surface area (Å²) >= 11 is 5.88. The zero-order chi connectivity index (χ0) is 13.9. The molecule has 1 amide bonds. The number of rotatable bonds is 4. The van der Waals surface area contributed by atoms with Crippen molar-refractivity contribution in [3.63, 3.8) is 0 Å². The normalized spacial score (nSPS) is 11.2. The van der Waals surface area contributed by atoms with Crippen molar-refractivity contribution < 1.29 is 4.79 Å². The van der Waals surface area contributed by atoms with Crippen molar-refractivity contribution in [2.45, 2.75) is 27.7 Å². The first-order valence-corrected chi connectivity index (χ1v) is 6.13. The Morgan fingerprint density at radius 2 is 1.89 bits per heavy atom. The van der Waals surface area contributed by atoms with Crippen molar-refractivity contribution in [2.24, 2.45) is 5.41 Å². The number of hydrogen-bond acceptors (Lipinski definition) is 4. The molecule has 100 valence electrons. The van der Waals surface area contributed by atoms with Gasteiger partial charge >= 0.3 is 0 Å². The van der Waals surface area contributed by atoms with E-state index in [0.29, 0.717) is 17.5 Å². The van der Waals surface area contributed by atoms with Crippen LogP contribution in [-0.2, 0) is 4.79 Å². The molecule has 0 aromatic carbocycles. The number of nitrogens with zero attached hydrogens (tertiary/aromatic N) is 2. The van der Waals surface area contributed by atoms with Crippen LogP contribution in [0.15, 0.2) is 0 Å². The Bertz CT molecular complexity index is 460. The first-order chi connectivity index (χ1) is 8.29. The van der Waals surface area contributed by atoms with Crippen LogP contribution in [0.3, 0.4) is 0 Å². The number of halogens is 1. The van der Waals surface area contributed by atoms with Gasteiger partial charge in [0.1, 0.15) is 0 Å². The van der Waals surface area contributed by atoms with Crippen LogP contribution >= 0.6 is 11.6 Å². The second-order valence-corrected chi connectivity index (χ2v) is 5.26. The third-order valence-electron chi connectivity index (χ3n) is 3.00. The zero-order valence-corrected chi connectivity index (χ0v) is 12.1. The average Bonchev–Trinajstić information content (AvgIpc) is 2.34.